The Morgan fingerprint density at radius 2 is 1.77 bits per heavy atom. The van der Waals surface area contributed by atoms with E-state index in [2.05, 4.69) is 39.8 Å². The molecule has 0 saturated heterocycles. The molecule has 0 aromatic heterocycles. The van der Waals surface area contributed by atoms with Gasteiger partial charge in [-0.05, 0) is 87.4 Å². The highest BCUT2D eigenvalue weighted by atomic mass is 16.6. The second-order valence-electron chi connectivity index (χ2n) is 13.6. The molecule has 198 valence electrons. The van der Waals surface area contributed by atoms with Gasteiger partial charge in [-0.3, -0.25) is 9.59 Å². The lowest BCUT2D eigenvalue weighted by molar-refractivity contribution is -0.213. The van der Waals surface area contributed by atoms with E-state index in [1.807, 2.05) is 13.8 Å². The van der Waals surface area contributed by atoms with Crippen LogP contribution in [0, 0.1) is 46.3 Å². The Balaban J connectivity index is 1.52. The normalized spacial score (nSPS) is 45.4. The third kappa shape index (κ3) is 4.23. The van der Waals surface area contributed by atoms with Crippen molar-refractivity contribution in [2.75, 3.05) is 0 Å². The van der Waals surface area contributed by atoms with E-state index in [1.54, 1.807) is 0 Å². The summed E-state index contributed by atoms with van der Waals surface area (Å²) in [4.78, 5) is 24.9. The highest BCUT2D eigenvalue weighted by Crippen LogP contribution is 2.68. The number of fused-ring (bicyclic) bond motifs is 5. The smallest absolute Gasteiger partial charge is 0.303 e. The molecule has 5 nitrogen and oxygen atoms in total. The van der Waals surface area contributed by atoms with Crippen molar-refractivity contribution in [3.63, 3.8) is 0 Å². The Bertz CT molecular complexity index is 878. The molecule has 10 atom stereocenters. The molecule has 2 N–H and O–H groups in total. The Labute approximate surface area is 212 Å². The van der Waals surface area contributed by atoms with Gasteiger partial charge in [-0.1, -0.05) is 39.8 Å². The molecular weight excluding hydrogens is 440 g/mol. The van der Waals surface area contributed by atoms with Gasteiger partial charge in [-0.15, -0.1) is 0 Å². The maximum atomic E-state index is 13.4. The third-order valence-electron chi connectivity index (χ3n) is 11.5. The van der Waals surface area contributed by atoms with Gasteiger partial charge in [0.25, 0.3) is 0 Å². The number of rotatable bonds is 5. The highest BCUT2D eigenvalue weighted by molar-refractivity contribution is 5.89. The zero-order valence-electron chi connectivity index (χ0n) is 23.0. The van der Waals surface area contributed by atoms with Crippen molar-refractivity contribution in [1.29, 1.82) is 0 Å². The summed E-state index contributed by atoms with van der Waals surface area (Å²) in [5.74, 6) is 2.01. The fourth-order valence-electron chi connectivity index (χ4n) is 9.10. The summed E-state index contributed by atoms with van der Waals surface area (Å²) in [5, 5.41) is 21.8. The van der Waals surface area contributed by atoms with Gasteiger partial charge in [0.2, 0.25) is 0 Å². The molecule has 4 saturated carbocycles. The Hall–Kier alpha value is -1.20. The average molecular weight is 489 g/mol. The predicted molar refractivity (Wildman–Crippen MR) is 136 cm³/mol. The van der Waals surface area contributed by atoms with Gasteiger partial charge in [-0.25, -0.2) is 0 Å². The van der Waals surface area contributed by atoms with E-state index in [1.165, 1.54) is 13.3 Å². The van der Waals surface area contributed by atoms with Crippen molar-refractivity contribution in [1.82, 2.24) is 0 Å². The van der Waals surface area contributed by atoms with Crippen molar-refractivity contribution in [2.45, 2.75) is 117 Å². The van der Waals surface area contributed by atoms with Gasteiger partial charge in [0.1, 0.15) is 11.2 Å². The predicted octanol–water partition coefficient (Wildman–Crippen LogP) is 5.47. The van der Waals surface area contributed by atoms with Crippen LogP contribution in [0.2, 0.25) is 0 Å². The molecule has 5 heteroatoms. The van der Waals surface area contributed by atoms with E-state index in [0.717, 1.165) is 25.7 Å². The summed E-state index contributed by atoms with van der Waals surface area (Å²) in [6, 6.07) is 0. The number of Topliss-reactive ketones (excluding diaryl/α,β-unsaturated/α-hetero) is 1. The van der Waals surface area contributed by atoms with Gasteiger partial charge < -0.3 is 14.9 Å². The molecule has 0 amide bonds. The molecule has 0 heterocycles. The van der Waals surface area contributed by atoms with Crippen molar-refractivity contribution in [2.24, 2.45) is 46.3 Å². The lowest BCUT2D eigenvalue weighted by Crippen LogP contribution is -2.67. The molecule has 35 heavy (non-hydrogen) atoms. The molecule has 4 fully saturated rings. The molecule has 0 spiro atoms. The minimum atomic E-state index is -1.36. The maximum Gasteiger partial charge on any atom is 0.303 e. The minimum absolute atomic E-state index is 0.0258. The molecule has 0 bridgehead atoms. The van der Waals surface area contributed by atoms with E-state index >= 15 is 0 Å². The fraction of sp³-hybridized carbons (Fsp3) is 0.867. The van der Waals surface area contributed by atoms with Crippen LogP contribution in [0.4, 0.5) is 0 Å². The number of allylic oxidation sites excluding steroid dienone is 1. The van der Waals surface area contributed by atoms with Gasteiger partial charge in [0, 0.05) is 31.1 Å². The van der Waals surface area contributed by atoms with Crippen LogP contribution in [0.5, 0.6) is 0 Å². The summed E-state index contributed by atoms with van der Waals surface area (Å²) in [7, 11) is 0. The number of esters is 1. The number of aliphatic hydroxyl groups excluding tert-OH is 1. The molecule has 0 aliphatic heterocycles. The van der Waals surface area contributed by atoms with Gasteiger partial charge >= 0.3 is 5.97 Å². The fourth-order valence-corrected chi connectivity index (χ4v) is 9.10. The first kappa shape index (κ1) is 26.9. The summed E-state index contributed by atoms with van der Waals surface area (Å²) in [5.41, 5.74) is -2.13. The van der Waals surface area contributed by atoms with Crippen LogP contribution in [-0.2, 0) is 14.3 Å². The largest absolute Gasteiger partial charge is 0.459 e. The summed E-state index contributed by atoms with van der Waals surface area (Å²) < 4.78 is 5.54. The standard InChI is InChI=1S/C30H48O5/c1-18(8-9-19(2)27(4,5)35-20(3)31)23-10-11-24-22-16-26(33)30(34)17-21(32)12-15-29(30,7)25(22)13-14-28(23,24)6/h8-9,18-19,21-25,32,34H,10-17H2,1-7H3/t18-,19-,21+,22+,23-,24+,25+,28-,29-,30+/m1/s1. The van der Waals surface area contributed by atoms with Crippen LogP contribution in [0.3, 0.4) is 0 Å². The summed E-state index contributed by atoms with van der Waals surface area (Å²) in [6.07, 6.45) is 10.6. The van der Waals surface area contributed by atoms with Crippen LogP contribution in [-0.4, -0.2) is 39.3 Å². The lowest BCUT2D eigenvalue weighted by Gasteiger charge is -2.63. The Morgan fingerprint density at radius 1 is 1.09 bits per heavy atom. The highest BCUT2D eigenvalue weighted by Gasteiger charge is 2.67. The SMILES string of the molecule is CC(=O)OC(C)(C)[C@H](C)C=C[C@@H](C)[C@H]1CC[C@H]2[C@@H]3CC(=O)[C@@]4(O)C[C@@H](O)CC[C@]4(C)[C@H]3CC[C@]12C. The van der Waals surface area contributed by atoms with Crippen LogP contribution >= 0.6 is 0 Å². The monoisotopic (exact) mass is 488 g/mol. The van der Waals surface area contributed by atoms with Crippen molar-refractivity contribution >= 4 is 11.8 Å². The van der Waals surface area contributed by atoms with E-state index in [-0.39, 0.29) is 29.5 Å². The average Bonchev–Trinajstić information content (AvgIpc) is 3.10. The number of hydrogen-bond acceptors (Lipinski definition) is 5. The first-order valence-electron chi connectivity index (χ1n) is 14.0. The minimum Gasteiger partial charge on any atom is -0.459 e. The van der Waals surface area contributed by atoms with Crippen LogP contribution in [0.15, 0.2) is 12.2 Å². The van der Waals surface area contributed by atoms with Gasteiger partial charge in [-0.2, -0.15) is 0 Å². The summed E-state index contributed by atoms with van der Waals surface area (Å²) >= 11 is 0. The third-order valence-corrected chi connectivity index (χ3v) is 11.5. The number of aliphatic hydroxyl groups is 2. The molecule has 4 aliphatic rings. The number of carbonyl (C=O) groups excluding carboxylic acids is 2. The van der Waals surface area contributed by atoms with Crippen LogP contribution in [0.1, 0.15) is 99.8 Å². The zero-order valence-corrected chi connectivity index (χ0v) is 23.0. The second kappa shape index (κ2) is 8.97. The topological polar surface area (TPSA) is 83.8 Å². The quantitative estimate of drug-likeness (QED) is 0.396. The van der Waals surface area contributed by atoms with Crippen LogP contribution in [0.25, 0.3) is 0 Å². The van der Waals surface area contributed by atoms with Crippen molar-refractivity contribution < 1.29 is 24.5 Å². The molecule has 4 aliphatic carbocycles. The number of hydrogen-bond donors (Lipinski definition) is 2. The first-order valence-corrected chi connectivity index (χ1v) is 14.0. The zero-order chi connectivity index (χ0) is 26.0. The summed E-state index contributed by atoms with van der Waals surface area (Å²) in [6.45, 7) is 14.4. The van der Waals surface area contributed by atoms with E-state index in [4.69, 9.17) is 4.74 Å². The molecule has 0 aromatic carbocycles. The lowest BCUT2D eigenvalue weighted by atomic mass is 9.42. The molecule has 0 aromatic rings. The number of ketones is 1. The van der Waals surface area contributed by atoms with Crippen molar-refractivity contribution in [3.8, 4) is 0 Å². The Kier molecular flexibility index (Phi) is 6.88. The van der Waals surface area contributed by atoms with Gasteiger partial charge in [0.15, 0.2) is 5.78 Å². The van der Waals surface area contributed by atoms with E-state index in [9.17, 15) is 19.8 Å². The number of ether oxygens (including phenoxy) is 1. The van der Waals surface area contributed by atoms with E-state index < -0.39 is 22.7 Å². The molecule has 0 radical (unpaired) electrons. The Morgan fingerprint density at radius 3 is 2.43 bits per heavy atom. The second-order valence-corrected chi connectivity index (χ2v) is 13.6. The van der Waals surface area contributed by atoms with Crippen LogP contribution < -0.4 is 0 Å². The maximum absolute atomic E-state index is 13.4. The molecule has 0 unspecified atom stereocenters. The first-order chi connectivity index (χ1) is 16.2. The van der Waals surface area contributed by atoms with Crippen molar-refractivity contribution in [3.05, 3.63) is 12.2 Å². The molecular formula is C30H48O5. The molecule has 4 rings (SSSR count). The number of carbonyl (C=O) groups is 2. The van der Waals surface area contributed by atoms with E-state index in [0.29, 0.717) is 42.4 Å². The van der Waals surface area contributed by atoms with Gasteiger partial charge in [0.05, 0.1) is 6.10 Å².